The number of nitrogen functional groups attached to an aromatic ring is 2. The predicted octanol–water partition coefficient (Wildman–Crippen LogP) is 0.218. The van der Waals surface area contributed by atoms with Gasteiger partial charge in [-0.2, -0.15) is 0 Å². The van der Waals surface area contributed by atoms with Crippen LogP contribution >= 0.6 is 30.8 Å². The first kappa shape index (κ1) is 40.9. The zero-order valence-corrected chi connectivity index (χ0v) is 30.0. The summed E-state index contributed by atoms with van der Waals surface area (Å²) < 4.78 is 81.3. The normalized spacial score (nSPS) is 19.5. The molecule has 8 atom stereocenters. The van der Waals surface area contributed by atoms with E-state index in [2.05, 4.69) is 47.6 Å². The van der Waals surface area contributed by atoms with Crippen molar-refractivity contribution >= 4 is 64.8 Å². The minimum Gasteiger partial charge on any atom is -0.394 e. The summed E-state index contributed by atoms with van der Waals surface area (Å²) in [4.78, 5) is 63.8. The fraction of sp³-hybridized carbons (Fsp3) is 0.524. The van der Waals surface area contributed by atoms with Gasteiger partial charge < -0.3 is 50.7 Å². The van der Waals surface area contributed by atoms with E-state index in [1.165, 1.54) is 35.0 Å². The number of hydrogen-bond donors (Lipinski definition) is 8. The van der Waals surface area contributed by atoms with Gasteiger partial charge in [0.2, 0.25) is 0 Å². The average Bonchev–Trinajstić information content (AvgIpc) is 3.65. The molecule has 0 saturated carbocycles. The molecule has 284 valence electrons. The number of aliphatic hydroxyl groups excluding tert-OH is 2. The van der Waals surface area contributed by atoms with Gasteiger partial charge in [-0.15, -0.1) is 0 Å². The molecule has 0 bridgehead atoms. The summed E-state index contributed by atoms with van der Waals surface area (Å²) in [5, 5.41) is 19.5. The van der Waals surface area contributed by atoms with Gasteiger partial charge in [-0.05, 0) is 13.8 Å². The van der Waals surface area contributed by atoms with Crippen molar-refractivity contribution in [1.82, 2.24) is 39.0 Å². The molecule has 4 aromatic heterocycles. The van der Waals surface area contributed by atoms with E-state index in [0.29, 0.717) is 11.2 Å². The first-order valence-electron chi connectivity index (χ1n) is 14.1. The highest BCUT2D eigenvalue weighted by atomic mass is 31.3. The largest absolute Gasteiger partial charge is 0.479 e. The van der Waals surface area contributed by atoms with Gasteiger partial charge in [-0.1, -0.05) is 0 Å². The third-order valence-corrected chi connectivity index (χ3v) is 13.8. The lowest BCUT2D eigenvalue weighted by Gasteiger charge is -2.24. The lowest BCUT2D eigenvalue weighted by molar-refractivity contribution is -0.109. The fourth-order valence-corrected chi connectivity index (χ4v) is 11.1. The molecule has 0 spiro atoms. The van der Waals surface area contributed by atoms with Gasteiger partial charge in [0.25, 0.3) is 0 Å². The Morgan fingerprint density at radius 3 is 1.71 bits per heavy atom. The number of rotatable bonds is 20. The monoisotopic (exact) mass is 806 g/mol. The Bertz CT molecular complexity index is 2020. The molecule has 0 radical (unpaired) electrons. The molecule has 0 aliphatic rings. The van der Waals surface area contributed by atoms with Crippen molar-refractivity contribution in [3.8, 4) is 0 Å². The molecule has 0 aliphatic carbocycles. The quantitative estimate of drug-likeness (QED) is 0.0553. The van der Waals surface area contributed by atoms with Gasteiger partial charge in [0.1, 0.15) is 36.0 Å². The highest BCUT2D eigenvalue weighted by Gasteiger charge is 2.44. The van der Waals surface area contributed by atoms with Crippen molar-refractivity contribution in [2.75, 3.05) is 43.8 Å². The van der Waals surface area contributed by atoms with Crippen molar-refractivity contribution in [3.63, 3.8) is 0 Å². The molecule has 51 heavy (non-hydrogen) atoms. The summed E-state index contributed by atoms with van der Waals surface area (Å²) in [5.74, 6) is -1.82. The third-order valence-electron chi connectivity index (χ3n) is 6.33. The molecule has 0 aliphatic heterocycles. The summed E-state index contributed by atoms with van der Waals surface area (Å²) in [5.41, 5.74) is 12.4. The molecular weight excluding hydrogens is 772 g/mol. The van der Waals surface area contributed by atoms with Crippen LogP contribution in [0.1, 0.15) is 26.3 Å². The van der Waals surface area contributed by atoms with Gasteiger partial charge in [0.05, 0.1) is 45.2 Å². The van der Waals surface area contributed by atoms with Crippen LogP contribution < -0.4 is 11.5 Å². The van der Waals surface area contributed by atoms with E-state index in [-0.39, 0.29) is 22.8 Å². The zero-order valence-electron chi connectivity index (χ0n) is 26.4. The van der Waals surface area contributed by atoms with Crippen LogP contribution in [0.5, 0.6) is 0 Å². The van der Waals surface area contributed by atoms with Crippen LogP contribution in [0.2, 0.25) is 0 Å². The number of phosphoric ester groups is 2. The molecule has 4 aromatic rings. The minimum atomic E-state index is -5.60. The second-order valence-corrected chi connectivity index (χ2v) is 17.8. The van der Waals surface area contributed by atoms with Crippen LogP contribution in [0.3, 0.4) is 0 Å². The molecule has 10 N–H and O–H groups in total. The van der Waals surface area contributed by atoms with Crippen molar-refractivity contribution in [2.24, 2.45) is 0 Å². The average molecular weight is 806 g/mol. The van der Waals surface area contributed by atoms with Crippen molar-refractivity contribution in [2.45, 2.75) is 38.5 Å². The van der Waals surface area contributed by atoms with E-state index in [0.717, 1.165) is 6.33 Å². The fourth-order valence-electron chi connectivity index (χ4n) is 4.24. The topological polar surface area (TPSA) is 384 Å². The van der Waals surface area contributed by atoms with Crippen LogP contribution in [0.4, 0.5) is 11.6 Å². The Balaban J connectivity index is 1.27. The van der Waals surface area contributed by atoms with Crippen LogP contribution in [0.15, 0.2) is 25.3 Å². The van der Waals surface area contributed by atoms with Crippen LogP contribution in [0.25, 0.3) is 22.3 Å². The smallest absolute Gasteiger partial charge is 0.394 e. The SMILES string of the molecule is C[C@@H](COP(=O)(O)OP(=O)(O)CP(=O)(O)OP(=O)(O)OC[C@H](CO)O[C@H](CO)n1cnc2c(N)ncnc21)O[C@H](C)n1cnc2c(N)ncnc21. The van der Waals surface area contributed by atoms with Gasteiger partial charge in [0, 0.05) is 0 Å². The number of hydrogen-bond acceptors (Lipinski definition) is 20. The Kier molecular flexibility index (Phi) is 13.2. The first-order chi connectivity index (χ1) is 23.8. The van der Waals surface area contributed by atoms with E-state index in [9.17, 15) is 48.0 Å². The van der Waals surface area contributed by atoms with Crippen LogP contribution in [-0.4, -0.2) is 113 Å². The van der Waals surface area contributed by atoms with Crippen molar-refractivity contribution in [3.05, 3.63) is 25.3 Å². The maximum atomic E-state index is 12.5. The summed E-state index contributed by atoms with van der Waals surface area (Å²) in [6.45, 7) is -0.306. The maximum absolute atomic E-state index is 12.5. The van der Waals surface area contributed by atoms with Crippen molar-refractivity contribution in [1.29, 1.82) is 0 Å². The number of aliphatic hydroxyl groups is 2. The van der Waals surface area contributed by atoms with E-state index in [4.69, 9.17) is 20.9 Å². The second-order valence-electron chi connectivity index (χ2n) is 10.4. The highest BCUT2D eigenvalue weighted by molar-refractivity contribution is 7.76. The van der Waals surface area contributed by atoms with E-state index in [1.807, 2.05) is 0 Å². The second kappa shape index (κ2) is 16.4. The molecule has 0 saturated heterocycles. The summed E-state index contributed by atoms with van der Waals surface area (Å²) >= 11 is 0. The molecule has 0 amide bonds. The number of fused-ring (bicyclic) bond motifs is 2. The first-order valence-corrected chi connectivity index (χ1v) is 20.7. The lowest BCUT2D eigenvalue weighted by atomic mass is 10.4. The van der Waals surface area contributed by atoms with E-state index in [1.54, 1.807) is 6.92 Å². The summed E-state index contributed by atoms with van der Waals surface area (Å²) in [6, 6.07) is 0. The standard InChI is InChI=1S/C21H34N10O16P4/c1-12(44-13(2)30-9-28-16-18(22)24-7-26-20(16)30)5-42-50(38,39)46-48(34,35)11-49(36,37)47-51(40,41)43-6-14(3-32)45-15(4-33)31-10-29-17-19(23)25-8-27-21(17)31/h7-10,12-15,32-33H,3-6,11H2,1-2H3,(H,34,35)(H,36,37)(H,38,39)(H,40,41)(H2,22,24,26)(H2,23,25,27)/t12-,13+,14-,15+/m0/s1. The number of nitrogens with zero attached hydrogens (tertiary/aromatic N) is 8. The molecule has 26 nitrogen and oxygen atoms in total. The number of imidazole rings is 2. The van der Waals surface area contributed by atoms with Gasteiger partial charge in [-0.25, -0.2) is 47.7 Å². The zero-order chi connectivity index (χ0) is 37.8. The predicted molar refractivity (Wildman–Crippen MR) is 171 cm³/mol. The Labute approximate surface area is 286 Å². The van der Waals surface area contributed by atoms with Crippen molar-refractivity contribution < 1.29 is 75.2 Å². The highest BCUT2D eigenvalue weighted by Crippen LogP contribution is 2.70. The lowest BCUT2D eigenvalue weighted by Crippen LogP contribution is -2.29. The minimum absolute atomic E-state index is 0.0187. The molecule has 4 unspecified atom stereocenters. The number of aromatic nitrogens is 8. The van der Waals surface area contributed by atoms with Crippen LogP contribution in [0, 0.1) is 0 Å². The third kappa shape index (κ3) is 11.1. The molecular formula is C21H34N10O16P4. The summed E-state index contributed by atoms with van der Waals surface area (Å²) in [7, 11) is -22.2. The Morgan fingerprint density at radius 1 is 0.706 bits per heavy atom. The van der Waals surface area contributed by atoms with Crippen LogP contribution in [-0.2, 0) is 45.4 Å². The Morgan fingerprint density at radius 2 is 1.20 bits per heavy atom. The van der Waals surface area contributed by atoms with Gasteiger partial charge in [-0.3, -0.25) is 27.3 Å². The van der Waals surface area contributed by atoms with E-state index >= 15 is 0 Å². The molecule has 30 heteroatoms. The molecule has 4 rings (SSSR count). The summed E-state index contributed by atoms with van der Waals surface area (Å²) in [6.07, 6.45) is 0.358. The maximum Gasteiger partial charge on any atom is 0.479 e. The number of nitrogens with two attached hydrogens (primary N) is 2. The number of phosphoric acid groups is 2. The van der Waals surface area contributed by atoms with E-state index < -0.39 is 87.8 Å². The molecule has 4 heterocycles. The van der Waals surface area contributed by atoms with Gasteiger partial charge in [0.15, 0.2) is 35.1 Å². The number of ether oxygens (including phenoxy) is 2. The molecule has 0 aromatic carbocycles. The Hall–Kier alpha value is -2.86. The molecule has 0 fully saturated rings. The van der Waals surface area contributed by atoms with Gasteiger partial charge >= 0.3 is 30.8 Å². The number of anilines is 2.